The van der Waals surface area contributed by atoms with Crippen LogP contribution in [0, 0.1) is 5.92 Å². The van der Waals surface area contributed by atoms with Crippen molar-refractivity contribution in [3.63, 3.8) is 0 Å². The number of nitrogens with zero attached hydrogens (tertiary/aromatic N) is 4. The molecule has 0 radical (unpaired) electrons. The van der Waals surface area contributed by atoms with Crippen molar-refractivity contribution in [1.82, 2.24) is 19.9 Å². The van der Waals surface area contributed by atoms with Crippen molar-refractivity contribution in [2.75, 3.05) is 16.4 Å². The zero-order valence-corrected chi connectivity index (χ0v) is 17.2. The third-order valence-corrected chi connectivity index (χ3v) is 6.39. The van der Waals surface area contributed by atoms with Crippen LogP contribution >= 0.6 is 11.8 Å². The standard InChI is InChI=1S/C19H23F3N6OS/c1-10(11-7-8-11)23-17-26-15(12-4-2-6-14(24-12)19(20,21)22)27-18(28-17)25-13-5-3-9-30-16(13)29/h2,4,6,10-11,13,16,29H,3,5,7-9H2,1H3,(H2,23,25,26,27,28). The predicted molar refractivity (Wildman–Crippen MR) is 109 cm³/mol. The van der Waals surface area contributed by atoms with E-state index in [-0.39, 0.29) is 35.5 Å². The molecule has 0 aromatic carbocycles. The minimum absolute atomic E-state index is 0.0102. The van der Waals surface area contributed by atoms with Crippen LogP contribution in [0.5, 0.6) is 0 Å². The lowest BCUT2D eigenvalue weighted by Crippen LogP contribution is -2.35. The Bertz CT molecular complexity index is 895. The molecule has 3 heterocycles. The van der Waals surface area contributed by atoms with Gasteiger partial charge in [0.05, 0.1) is 6.04 Å². The Morgan fingerprint density at radius 3 is 2.57 bits per heavy atom. The molecular formula is C19H23F3N6OS. The Balaban J connectivity index is 1.66. The summed E-state index contributed by atoms with van der Waals surface area (Å²) in [6, 6.07) is 3.52. The lowest BCUT2D eigenvalue weighted by atomic mass is 10.2. The third-order valence-electron chi connectivity index (χ3n) is 5.20. The molecule has 30 heavy (non-hydrogen) atoms. The fourth-order valence-corrected chi connectivity index (χ4v) is 4.34. The van der Waals surface area contributed by atoms with Gasteiger partial charge in [-0.1, -0.05) is 6.07 Å². The number of rotatable bonds is 6. The molecule has 0 amide bonds. The first-order valence-electron chi connectivity index (χ1n) is 9.93. The van der Waals surface area contributed by atoms with Crippen LogP contribution in [0.2, 0.25) is 0 Å². The van der Waals surface area contributed by atoms with Crippen LogP contribution in [0.1, 0.15) is 38.3 Å². The van der Waals surface area contributed by atoms with Gasteiger partial charge in [0.1, 0.15) is 16.8 Å². The first-order chi connectivity index (χ1) is 14.3. The summed E-state index contributed by atoms with van der Waals surface area (Å²) in [5.41, 5.74) is -1.60. The maximum absolute atomic E-state index is 13.1. The topological polar surface area (TPSA) is 95.9 Å². The SMILES string of the molecule is CC(Nc1nc(NC2CCCSC2O)nc(-c2cccc(C(F)(F)F)n2)n1)C1CC1. The molecule has 2 aromatic rings. The molecule has 1 aliphatic heterocycles. The molecule has 11 heteroatoms. The Hall–Kier alpha value is -2.14. The van der Waals surface area contributed by atoms with Crippen molar-refractivity contribution in [2.24, 2.45) is 5.92 Å². The summed E-state index contributed by atoms with van der Waals surface area (Å²) in [7, 11) is 0. The first kappa shape index (κ1) is 21.1. The van der Waals surface area contributed by atoms with Gasteiger partial charge in [-0.3, -0.25) is 0 Å². The van der Waals surface area contributed by atoms with E-state index in [0.717, 1.165) is 37.5 Å². The van der Waals surface area contributed by atoms with Gasteiger partial charge in [-0.25, -0.2) is 4.98 Å². The molecule has 1 saturated carbocycles. The molecule has 162 valence electrons. The molecule has 2 aromatic heterocycles. The second-order valence-corrected chi connectivity index (χ2v) is 8.86. The van der Waals surface area contributed by atoms with Gasteiger partial charge in [0.25, 0.3) is 0 Å². The maximum atomic E-state index is 13.1. The van der Waals surface area contributed by atoms with Gasteiger partial charge in [0.2, 0.25) is 11.9 Å². The summed E-state index contributed by atoms with van der Waals surface area (Å²) < 4.78 is 39.3. The monoisotopic (exact) mass is 440 g/mol. The summed E-state index contributed by atoms with van der Waals surface area (Å²) in [6.07, 6.45) is -0.626. The molecule has 0 bridgehead atoms. The highest BCUT2D eigenvalue weighted by atomic mass is 32.2. The van der Waals surface area contributed by atoms with Crippen molar-refractivity contribution in [1.29, 1.82) is 0 Å². The number of aliphatic hydroxyl groups excluding tert-OH is 1. The minimum atomic E-state index is -4.56. The summed E-state index contributed by atoms with van der Waals surface area (Å²) in [5, 5.41) is 16.6. The number of pyridine rings is 1. The molecule has 1 aliphatic carbocycles. The number of hydrogen-bond acceptors (Lipinski definition) is 8. The zero-order chi connectivity index (χ0) is 21.3. The third kappa shape index (κ3) is 5.12. The summed E-state index contributed by atoms with van der Waals surface area (Å²) in [6.45, 7) is 2.03. The van der Waals surface area contributed by atoms with Crippen molar-refractivity contribution in [3.05, 3.63) is 23.9 Å². The number of thioether (sulfide) groups is 1. The molecule has 1 saturated heterocycles. The number of aliphatic hydroxyl groups is 1. The minimum Gasteiger partial charge on any atom is -0.380 e. The fraction of sp³-hybridized carbons (Fsp3) is 0.579. The van der Waals surface area contributed by atoms with Crippen molar-refractivity contribution >= 4 is 23.7 Å². The van der Waals surface area contributed by atoms with E-state index in [4.69, 9.17) is 0 Å². The number of anilines is 2. The van der Waals surface area contributed by atoms with E-state index in [2.05, 4.69) is 30.6 Å². The van der Waals surface area contributed by atoms with E-state index in [1.807, 2.05) is 6.92 Å². The van der Waals surface area contributed by atoms with Crippen molar-refractivity contribution in [3.8, 4) is 11.5 Å². The number of aromatic nitrogens is 4. The van der Waals surface area contributed by atoms with Crippen LogP contribution in [0.25, 0.3) is 11.5 Å². The van der Waals surface area contributed by atoms with Crippen LogP contribution in [0.4, 0.5) is 25.1 Å². The van der Waals surface area contributed by atoms with Gasteiger partial charge < -0.3 is 15.7 Å². The Morgan fingerprint density at radius 2 is 1.87 bits per heavy atom. The molecule has 3 atom stereocenters. The van der Waals surface area contributed by atoms with Crippen molar-refractivity contribution in [2.45, 2.75) is 56.3 Å². The highest BCUT2D eigenvalue weighted by Gasteiger charge is 2.33. The van der Waals surface area contributed by atoms with Crippen LogP contribution in [-0.2, 0) is 6.18 Å². The van der Waals surface area contributed by atoms with E-state index in [1.165, 1.54) is 23.9 Å². The van der Waals surface area contributed by atoms with E-state index in [0.29, 0.717) is 5.92 Å². The average Bonchev–Trinajstić information content (AvgIpc) is 3.54. The molecule has 2 aliphatic rings. The Kier molecular flexibility index (Phi) is 6.01. The summed E-state index contributed by atoms with van der Waals surface area (Å²) in [4.78, 5) is 16.7. The Morgan fingerprint density at radius 1 is 1.10 bits per heavy atom. The molecule has 0 spiro atoms. The van der Waals surface area contributed by atoms with Gasteiger partial charge in [-0.2, -0.15) is 28.1 Å². The molecule has 7 nitrogen and oxygen atoms in total. The second-order valence-electron chi connectivity index (χ2n) is 7.64. The average molecular weight is 440 g/mol. The van der Waals surface area contributed by atoms with Crippen LogP contribution in [0.15, 0.2) is 18.2 Å². The van der Waals surface area contributed by atoms with Crippen LogP contribution < -0.4 is 10.6 Å². The second kappa shape index (κ2) is 8.54. The van der Waals surface area contributed by atoms with E-state index in [9.17, 15) is 18.3 Å². The van der Waals surface area contributed by atoms with E-state index in [1.54, 1.807) is 0 Å². The van der Waals surface area contributed by atoms with E-state index < -0.39 is 17.3 Å². The maximum Gasteiger partial charge on any atom is 0.433 e. The fourth-order valence-electron chi connectivity index (χ4n) is 3.33. The number of hydrogen-bond donors (Lipinski definition) is 3. The first-order valence-corrected chi connectivity index (χ1v) is 11.0. The molecular weight excluding hydrogens is 417 g/mol. The summed E-state index contributed by atoms with van der Waals surface area (Å²) in [5.74, 6) is 1.93. The van der Waals surface area contributed by atoms with Gasteiger partial charge in [-0.05, 0) is 56.4 Å². The number of halogens is 3. The van der Waals surface area contributed by atoms with E-state index >= 15 is 0 Å². The molecule has 2 fully saturated rings. The van der Waals surface area contributed by atoms with Gasteiger partial charge in [0, 0.05) is 6.04 Å². The number of alkyl halides is 3. The highest BCUT2D eigenvalue weighted by Crippen LogP contribution is 2.34. The predicted octanol–water partition coefficient (Wildman–Crippen LogP) is 3.79. The quantitative estimate of drug-likeness (QED) is 0.625. The Labute approximate surface area is 176 Å². The van der Waals surface area contributed by atoms with Crippen molar-refractivity contribution < 1.29 is 18.3 Å². The molecule has 3 unspecified atom stereocenters. The largest absolute Gasteiger partial charge is 0.433 e. The zero-order valence-electron chi connectivity index (χ0n) is 16.4. The molecule has 3 N–H and O–H groups in total. The van der Waals surface area contributed by atoms with Gasteiger partial charge >= 0.3 is 6.18 Å². The normalized spacial score (nSPS) is 23.1. The smallest absolute Gasteiger partial charge is 0.380 e. The summed E-state index contributed by atoms with van der Waals surface area (Å²) >= 11 is 1.45. The molecule has 4 rings (SSSR count). The van der Waals surface area contributed by atoms with Crippen LogP contribution in [-0.4, -0.2) is 48.3 Å². The lowest BCUT2D eigenvalue weighted by molar-refractivity contribution is -0.141. The van der Waals surface area contributed by atoms with Crippen LogP contribution in [0.3, 0.4) is 0 Å². The lowest BCUT2D eigenvalue weighted by Gasteiger charge is -2.28. The highest BCUT2D eigenvalue weighted by molar-refractivity contribution is 7.99. The van der Waals surface area contributed by atoms with Gasteiger partial charge in [0.15, 0.2) is 5.82 Å². The van der Waals surface area contributed by atoms with Gasteiger partial charge in [-0.15, -0.1) is 11.8 Å². The number of nitrogens with one attached hydrogen (secondary N) is 2.